The lowest BCUT2D eigenvalue weighted by atomic mass is 9.96. The Bertz CT molecular complexity index is 2180. The van der Waals surface area contributed by atoms with Gasteiger partial charge in [0.25, 0.3) is 0 Å². The zero-order valence-electron chi connectivity index (χ0n) is 22.8. The van der Waals surface area contributed by atoms with Crippen LogP contribution >= 0.6 is 0 Å². The molecule has 0 spiro atoms. The van der Waals surface area contributed by atoms with Gasteiger partial charge in [-0.05, 0) is 75.5 Å². The Labute approximate surface area is 243 Å². The lowest BCUT2D eigenvalue weighted by molar-refractivity contribution is 0.668. The molecule has 198 valence electrons. The molecule has 42 heavy (non-hydrogen) atoms. The van der Waals surface area contributed by atoms with Gasteiger partial charge in [-0.3, -0.25) is 4.98 Å². The van der Waals surface area contributed by atoms with Gasteiger partial charge in [0.15, 0.2) is 0 Å². The fraction of sp³-hybridized carbons (Fsp3) is 0. The summed E-state index contributed by atoms with van der Waals surface area (Å²) < 4.78 is 6.29. The maximum atomic E-state index is 6.29. The van der Waals surface area contributed by atoms with E-state index < -0.39 is 0 Å². The number of hydrogen-bond donors (Lipinski definition) is 0. The minimum atomic E-state index is 0.838. The zero-order chi connectivity index (χ0) is 27.9. The molecule has 2 aromatic heterocycles. The number of rotatable bonds is 5. The Morgan fingerprint density at radius 3 is 1.95 bits per heavy atom. The predicted molar refractivity (Wildman–Crippen MR) is 175 cm³/mol. The van der Waals surface area contributed by atoms with E-state index >= 15 is 0 Å². The van der Waals surface area contributed by atoms with Crippen LogP contribution in [0.15, 0.2) is 162 Å². The van der Waals surface area contributed by atoms with Crippen molar-refractivity contribution in [3.05, 3.63) is 158 Å². The van der Waals surface area contributed by atoms with E-state index in [-0.39, 0.29) is 0 Å². The van der Waals surface area contributed by atoms with Crippen LogP contribution in [0, 0.1) is 0 Å². The molecule has 8 rings (SSSR count). The minimum absolute atomic E-state index is 0.838. The molecule has 3 nitrogen and oxygen atoms in total. The molecule has 0 unspecified atom stereocenters. The normalized spacial score (nSPS) is 11.3. The van der Waals surface area contributed by atoms with Crippen LogP contribution in [0.3, 0.4) is 0 Å². The van der Waals surface area contributed by atoms with Gasteiger partial charge in [0.2, 0.25) is 0 Å². The minimum Gasteiger partial charge on any atom is -0.456 e. The Morgan fingerprint density at radius 1 is 0.452 bits per heavy atom. The maximum absolute atomic E-state index is 6.29. The smallest absolute Gasteiger partial charge is 0.138 e. The van der Waals surface area contributed by atoms with Crippen LogP contribution in [0.4, 0.5) is 17.1 Å². The van der Waals surface area contributed by atoms with Crippen molar-refractivity contribution < 1.29 is 4.42 Å². The molecule has 0 radical (unpaired) electrons. The molecule has 2 heterocycles. The number of anilines is 3. The average molecular weight is 539 g/mol. The van der Waals surface area contributed by atoms with Gasteiger partial charge in [0, 0.05) is 46.3 Å². The van der Waals surface area contributed by atoms with Crippen molar-refractivity contribution in [3.8, 4) is 22.3 Å². The largest absolute Gasteiger partial charge is 0.456 e. The fourth-order valence-corrected chi connectivity index (χ4v) is 5.91. The van der Waals surface area contributed by atoms with E-state index in [1.165, 1.54) is 33.0 Å². The molecule has 0 amide bonds. The van der Waals surface area contributed by atoms with Crippen molar-refractivity contribution in [2.75, 3.05) is 4.90 Å². The third-order valence-corrected chi connectivity index (χ3v) is 7.94. The van der Waals surface area contributed by atoms with Crippen molar-refractivity contribution >= 4 is 49.8 Å². The number of benzene rings is 6. The van der Waals surface area contributed by atoms with Gasteiger partial charge in [-0.25, -0.2) is 0 Å². The van der Waals surface area contributed by atoms with Gasteiger partial charge in [-0.15, -0.1) is 0 Å². The molecule has 0 aliphatic heterocycles. The maximum Gasteiger partial charge on any atom is 0.138 e. The molecule has 0 bridgehead atoms. The molecule has 6 aromatic carbocycles. The first-order valence-electron chi connectivity index (χ1n) is 14.1. The molecule has 0 aliphatic carbocycles. The predicted octanol–water partition coefficient (Wildman–Crippen LogP) is 10.9. The monoisotopic (exact) mass is 538 g/mol. The van der Waals surface area contributed by atoms with E-state index in [9.17, 15) is 0 Å². The summed E-state index contributed by atoms with van der Waals surface area (Å²) in [6.45, 7) is 0. The van der Waals surface area contributed by atoms with Gasteiger partial charge in [-0.1, -0.05) is 97.1 Å². The second-order valence-corrected chi connectivity index (χ2v) is 10.5. The molecule has 0 saturated heterocycles. The van der Waals surface area contributed by atoms with Crippen LogP contribution < -0.4 is 4.90 Å². The van der Waals surface area contributed by atoms with Gasteiger partial charge in [-0.2, -0.15) is 0 Å². The molecule has 0 N–H and O–H groups in total. The Balaban J connectivity index is 1.35. The highest BCUT2D eigenvalue weighted by atomic mass is 16.3. The van der Waals surface area contributed by atoms with Crippen LogP contribution in [0.5, 0.6) is 0 Å². The number of furan rings is 1. The standard InChI is InChI=1S/C39H26N2O/c1-3-9-27(10-4-1)28-15-17-31(18-16-28)41(32-19-20-35-37-26-40-22-21-38(37)42-39(35)25-32)33-23-30-13-7-8-14-34(30)36(24-33)29-11-5-2-6-12-29/h1-26H. The number of fused-ring (bicyclic) bond motifs is 4. The van der Waals surface area contributed by atoms with Crippen molar-refractivity contribution in [1.29, 1.82) is 0 Å². The number of pyridine rings is 1. The molecule has 8 aromatic rings. The van der Waals surface area contributed by atoms with Crippen molar-refractivity contribution in [2.24, 2.45) is 0 Å². The average Bonchev–Trinajstić information content (AvgIpc) is 3.44. The summed E-state index contributed by atoms with van der Waals surface area (Å²) in [5, 5.41) is 4.50. The van der Waals surface area contributed by atoms with Crippen LogP contribution in [0.25, 0.3) is 55.0 Å². The molecule has 0 atom stereocenters. The van der Waals surface area contributed by atoms with E-state index in [4.69, 9.17) is 4.42 Å². The summed E-state index contributed by atoms with van der Waals surface area (Å²) in [6.07, 6.45) is 3.64. The molecule has 0 saturated carbocycles. The highest BCUT2D eigenvalue weighted by Crippen LogP contribution is 2.42. The van der Waals surface area contributed by atoms with Crippen molar-refractivity contribution in [2.45, 2.75) is 0 Å². The first-order chi connectivity index (χ1) is 20.8. The summed E-state index contributed by atoms with van der Waals surface area (Å²) in [6, 6.07) is 51.5. The third-order valence-electron chi connectivity index (χ3n) is 7.94. The van der Waals surface area contributed by atoms with Crippen LogP contribution in [0.1, 0.15) is 0 Å². The van der Waals surface area contributed by atoms with Gasteiger partial charge in [0.05, 0.1) is 0 Å². The highest BCUT2D eigenvalue weighted by Gasteiger charge is 2.18. The van der Waals surface area contributed by atoms with E-state index in [0.29, 0.717) is 0 Å². The van der Waals surface area contributed by atoms with E-state index in [0.717, 1.165) is 39.0 Å². The summed E-state index contributed by atoms with van der Waals surface area (Å²) in [5.74, 6) is 0. The highest BCUT2D eigenvalue weighted by molar-refractivity contribution is 6.06. The number of hydrogen-bond acceptors (Lipinski definition) is 3. The second kappa shape index (κ2) is 10.1. The fourth-order valence-electron chi connectivity index (χ4n) is 5.91. The van der Waals surface area contributed by atoms with E-state index in [2.05, 4.69) is 143 Å². The molecule has 0 aliphatic rings. The molecular formula is C39H26N2O. The summed E-state index contributed by atoms with van der Waals surface area (Å²) in [4.78, 5) is 6.64. The SMILES string of the molecule is c1ccc(-c2ccc(N(c3cc(-c4ccccc4)c4ccccc4c3)c3ccc4c(c3)oc3ccncc34)cc2)cc1. The van der Waals surface area contributed by atoms with E-state index in [1.54, 1.807) is 6.20 Å². The Morgan fingerprint density at radius 2 is 1.14 bits per heavy atom. The van der Waals surface area contributed by atoms with Crippen LogP contribution in [0.2, 0.25) is 0 Å². The van der Waals surface area contributed by atoms with Crippen LogP contribution in [-0.2, 0) is 0 Å². The summed E-state index contributed by atoms with van der Waals surface area (Å²) in [5.41, 5.74) is 9.63. The first-order valence-corrected chi connectivity index (χ1v) is 14.1. The third kappa shape index (κ3) is 4.20. The first kappa shape index (κ1) is 24.2. The molecule has 0 fully saturated rings. The Kier molecular flexibility index (Phi) is 5.79. The number of aromatic nitrogens is 1. The number of nitrogens with zero attached hydrogens (tertiary/aromatic N) is 2. The molecule has 3 heteroatoms. The van der Waals surface area contributed by atoms with Crippen molar-refractivity contribution in [1.82, 2.24) is 4.98 Å². The summed E-state index contributed by atoms with van der Waals surface area (Å²) >= 11 is 0. The van der Waals surface area contributed by atoms with Crippen molar-refractivity contribution in [3.63, 3.8) is 0 Å². The Hall–Kier alpha value is -5.67. The zero-order valence-corrected chi connectivity index (χ0v) is 22.8. The van der Waals surface area contributed by atoms with Gasteiger partial charge >= 0.3 is 0 Å². The van der Waals surface area contributed by atoms with Gasteiger partial charge in [0.1, 0.15) is 11.2 Å². The summed E-state index contributed by atoms with van der Waals surface area (Å²) in [7, 11) is 0. The lowest BCUT2D eigenvalue weighted by Crippen LogP contribution is -2.10. The van der Waals surface area contributed by atoms with Gasteiger partial charge < -0.3 is 9.32 Å². The van der Waals surface area contributed by atoms with Crippen LogP contribution in [-0.4, -0.2) is 4.98 Å². The quantitative estimate of drug-likeness (QED) is 0.218. The topological polar surface area (TPSA) is 29.3 Å². The molecular weight excluding hydrogens is 512 g/mol. The second-order valence-electron chi connectivity index (χ2n) is 10.5. The van der Waals surface area contributed by atoms with E-state index in [1.807, 2.05) is 18.3 Å². The lowest BCUT2D eigenvalue weighted by Gasteiger charge is -2.27.